The predicted molar refractivity (Wildman–Crippen MR) is 145 cm³/mol. The van der Waals surface area contributed by atoms with E-state index in [2.05, 4.69) is 10.5 Å². The summed E-state index contributed by atoms with van der Waals surface area (Å²) in [5.41, 5.74) is 7.18. The maximum absolute atomic E-state index is 13.3. The third-order valence-corrected chi connectivity index (χ3v) is 7.99. The Kier molecular flexibility index (Phi) is 6.26. The lowest BCUT2D eigenvalue weighted by atomic mass is 10.1. The van der Waals surface area contributed by atoms with Gasteiger partial charge in [-0.1, -0.05) is 60.7 Å². The number of carbonyl (C=O) groups is 1. The van der Waals surface area contributed by atoms with Gasteiger partial charge in [0, 0.05) is 38.0 Å². The number of anilines is 2. The maximum Gasteiger partial charge on any atom is 0.264 e. The van der Waals surface area contributed by atoms with Crippen LogP contribution in [0.3, 0.4) is 0 Å². The van der Waals surface area contributed by atoms with Gasteiger partial charge in [-0.2, -0.15) is 10.2 Å². The highest BCUT2D eigenvalue weighted by Gasteiger charge is 2.38. The Morgan fingerprint density at radius 2 is 1.68 bits per heavy atom. The van der Waals surface area contributed by atoms with Gasteiger partial charge in [-0.05, 0) is 23.8 Å². The number of nitrogens with zero attached hydrogens (tertiary/aromatic N) is 5. The average molecular weight is 515 g/mol. The Balaban J connectivity index is 1.48. The second kappa shape index (κ2) is 9.55. The summed E-state index contributed by atoms with van der Waals surface area (Å²) in [4.78, 5) is 15.0. The lowest BCUT2D eigenvalue weighted by Crippen LogP contribution is -2.31. The van der Waals surface area contributed by atoms with Crippen LogP contribution in [0.5, 0.6) is 0 Å². The van der Waals surface area contributed by atoms with E-state index in [1.165, 1.54) is 11.4 Å². The van der Waals surface area contributed by atoms with Crippen molar-refractivity contribution in [3.8, 4) is 22.5 Å². The molecular formula is C27H26N6O3S. The Morgan fingerprint density at radius 1 is 1.00 bits per heavy atom. The van der Waals surface area contributed by atoms with E-state index in [4.69, 9.17) is 5.10 Å². The molecule has 0 saturated carbocycles. The van der Waals surface area contributed by atoms with Crippen LogP contribution in [0.25, 0.3) is 22.5 Å². The van der Waals surface area contributed by atoms with Gasteiger partial charge in [0.2, 0.25) is 0 Å². The molecule has 0 saturated heterocycles. The minimum Gasteiger partial charge on any atom is -0.378 e. The normalized spacial score (nSPS) is 13.8. The first-order chi connectivity index (χ1) is 17.8. The van der Waals surface area contributed by atoms with Gasteiger partial charge in [0.1, 0.15) is 17.9 Å². The Morgan fingerprint density at radius 3 is 2.38 bits per heavy atom. The number of hydrogen-bond donors (Lipinski definition) is 1. The summed E-state index contributed by atoms with van der Waals surface area (Å²) in [7, 11) is 1.66. The van der Waals surface area contributed by atoms with Gasteiger partial charge in [0.25, 0.3) is 15.9 Å². The Hall–Kier alpha value is -4.44. The minimum atomic E-state index is -3.78. The molecule has 4 aromatic rings. The number of fused-ring (bicyclic) bond motifs is 3. The summed E-state index contributed by atoms with van der Waals surface area (Å²) in [5, 5.41) is 8.79. The monoisotopic (exact) mass is 514 g/mol. The molecule has 0 bridgehead atoms. The number of aromatic nitrogens is 2. The molecule has 188 valence electrons. The largest absolute Gasteiger partial charge is 0.378 e. The van der Waals surface area contributed by atoms with Crippen molar-refractivity contribution in [1.82, 2.24) is 15.2 Å². The highest BCUT2D eigenvalue weighted by molar-refractivity contribution is 7.93. The van der Waals surface area contributed by atoms with Crippen molar-refractivity contribution in [2.75, 3.05) is 30.3 Å². The fourth-order valence-electron chi connectivity index (χ4n) is 4.29. The van der Waals surface area contributed by atoms with Gasteiger partial charge in [0.15, 0.2) is 0 Å². The van der Waals surface area contributed by atoms with Crippen molar-refractivity contribution in [1.29, 1.82) is 0 Å². The van der Waals surface area contributed by atoms with Crippen LogP contribution in [-0.2, 0) is 21.4 Å². The van der Waals surface area contributed by atoms with Gasteiger partial charge in [-0.3, -0.25) is 13.8 Å². The zero-order valence-electron chi connectivity index (χ0n) is 20.7. The van der Waals surface area contributed by atoms with Crippen molar-refractivity contribution in [3.63, 3.8) is 0 Å². The number of rotatable bonds is 6. The molecule has 10 heteroatoms. The number of amides is 1. The third-order valence-electron chi connectivity index (χ3n) is 6.18. The van der Waals surface area contributed by atoms with E-state index in [1.54, 1.807) is 35.2 Å². The second-order valence-electron chi connectivity index (χ2n) is 8.82. The zero-order valence-corrected chi connectivity index (χ0v) is 21.5. The molecule has 0 radical (unpaired) electrons. The van der Waals surface area contributed by atoms with E-state index >= 15 is 0 Å². The smallest absolute Gasteiger partial charge is 0.264 e. The van der Waals surface area contributed by atoms with Crippen LogP contribution in [0.15, 0.2) is 88.9 Å². The standard InChI is InChI=1S/C27H26N6O3S/c1-31(2)21-15-13-19(14-16-21)17-28-29-24(34)18-33-26-22-11-7-8-12-23(22)37(35,36)32(3)27(26)25(30-33)20-9-5-4-6-10-20/h4-17H,18H2,1-3H3,(H,29,34)/b28-17+. The van der Waals surface area contributed by atoms with Gasteiger partial charge in [0.05, 0.1) is 16.8 Å². The fourth-order valence-corrected chi connectivity index (χ4v) is 5.69. The van der Waals surface area contributed by atoms with E-state index in [-0.39, 0.29) is 17.3 Å². The zero-order chi connectivity index (χ0) is 26.2. The molecular weight excluding hydrogens is 488 g/mol. The molecule has 5 rings (SSSR count). The maximum atomic E-state index is 13.3. The van der Waals surface area contributed by atoms with Crippen LogP contribution < -0.4 is 14.6 Å². The van der Waals surface area contributed by atoms with Crippen LogP contribution in [0, 0.1) is 0 Å². The minimum absolute atomic E-state index is 0.145. The fraction of sp³-hybridized carbons (Fsp3) is 0.148. The molecule has 1 aromatic heterocycles. The molecule has 1 aliphatic heterocycles. The molecule has 37 heavy (non-hydrogen) atoms. The summed E-state index contributed by atoms with van der Waals surface area (Å²) in [5.74, 6) is -0.389. The van der Waals surface area contributed by atoms with Gasteiger partial charge in [-0.25, -0.2) is 13.8 Å². The number of hydrazone groups is 1. The van der Waals surface area contributed by atoms with Crippen LogP contribution >= 0.6 is 0 Å². The molecule has 0 fully saturated rings. The predicted octanol–water partition coefficient (Wildman–Crippen LogP) is 3.57. The van der Waals surface area contributed by atoms with Crippen molar-refractivity contribution in [2.24, 2.45) is 5.10 Å². The lowest BCUT2D eigenvalue weighted by Gasteiger charge is -2.27. The van der Waals surface area contributed by atoms with Crippen LogP contribution in [0.4, 0.5) is 11.4 Å². The third kappa shape index (κ3) is 4.47. The number of benzene rings is 3. The molecule has 1 N–H and O–H groups in total. The van der Waals surface area contributed by atoms with E-state index in [9.17, 15) is 13.2 Å². The lowest BCUT2D eigenvalue weighted by molar-refractivity contribution is -0.121. The highest BCUT2D eigenvalue weighted by atomic mass is 32.2. The van der Waals surface area contributed by atoms with Crippen LogP contribution in [-0.4, -0.2) is 51.5 Å². The molecule has 2 heterocycles. The Bertz CT molecular complexity index is 1590. The van der Waals surface area contributed by atoms with Gasteiger partial charge in [-0.15, -0.1) is 0 Å². The first kappa shape index (κ1) is 24.3. The number of hydrogen-bond acceptors (Lipinski definition) is 6. The summed E-state index contributed by atoms with van der Waals surface area (Å²) in [6, 6.07) is 23.8. The molecule has 0 atom stereocenters. The molecule has 1 aliphatic rings. The second-order valence-corrected chi connectivity index (χ2v) is 10.8. The van der Waals surface area contributed by atoms with E-state index < -0.39 is 10.0 Å². The summed E-state index contributed by atoms with van der Waals surface area (Å²) >= 11 is 0. The van der Waals surface area contributed by atoms with Gasteiger partial charge < -0.3 is 4.90 Å². The summed E-state index contributed by atoms with van der Waals surface area (Å²) < 4.78 is 29.4. The first-order valence-electron chi connectivity index (χ1n) is 11.6. The molecule has 1 amide bonds. The summed E-state index contributed by atoms with van der Waals surface area (Å²) in [6.45, 7) is -0.145. The number of carbonyl (C=O) groups excluding carboxylic acids is 1. The Labute approximate surface area is 215 Å². The molecule has 0 spiro atoms. The number of sulfonamides is 1. The van der Waals surface area contributed by atoms with Crippen molar-refractivity contribution in [2.45, 2.75) is 11.4 Å². The number of nitrogens with one attached hydrogen (secondary N) is 1. The van der Waals surface area contributed by atoms with Crippen molar-refractivity contribution < 1.29 is 13.2 Å². The topological polar surface area (TPSA) is 99.9 Å². The summed E-state index contributed by atoms with van der Waals surface area (Å²) in [6.07, 6.45) is 1.57. The van der Waals surface area contributed by atoms with E-state index in [0.717, 1.165) is 16.8 Å². The quantitative estimate of drug-likeness (QED) is 0.313. The molecule has 3 aromatic carbocycles. The SMILES string of the molecule is CN(C)c1ccc(/C=N/NC(=O)Cn2nc(-c3ccccc3)c3c2-c2ccccc2S(=O)(=O)N3C)cc1. The molecule has 0 unspecified atom stereocenters. The van der Waals surface area contributed by atoms with E-state index in [0.29, 0.717) is 22.6 Å². The van der Waals surface area contributed by atoms with Crippen molar-refractivity contribution in [3.05, 3.63) is 84.4 Å². The average Bonchev–Trinajstić information content (AvgIpc) is 3.27. The van der Waals surface area contributed by atoms with Crippen LogP contribution in [0.2, 0.25) is 0 Å². The first-order valence-corrected chi connectivity index (χ1v) is 13.0. The van der Waals surface area contributed by atoms with Gasteiger partial charge >= 0.3 is 0 Å². The van der Waals surface area contributed by atoms with Crippen LogP contribution in [0.1, 0.15) is 5.56 Å². The van der Waals surface area contributed by atoms with E-state index in [1.807, 2.05) is 73.6 Å². The molecule has 0 aliphatic carbocycles. The molecule has 9 nitrogen and oxygen atoms in total. The van der Waals surface area contributed by atoms with Crippen molar-refractivity contribution >= 4 is 33.5 Å². The highest BCUT2D eigenvalue weighted by Crippen LogP contribution is 2.47.